The van der Waals surface area contributed by atoms with Gasteiger partial charge < -0.3 is 19.4 Å². The molecule has 2 heterocycles. The van der Waals surface area contributed by atoms with E-state index >= 15 is 0 Å². The van der Waals surface area contributed by atoms with Gasteiger partial charge in [0.05, 0.1) is 19.3 Å². The number of ketones is 1. The molecule has 1 aliphatic heterocycles. The molecule has 0 fully saturated rings. The van der Waals surface area contributed by atoms with Crippen LogP contribution in [0.4, 0.5) is 0 Å². The van der Waals surface area contributed by atoms with Crippen LogP contribution in [-0.4, -0.2) is 29.5 Å². The summed E-state index contributed by atoms with van der Waals surface area (Å²) in [5, 5.41) is 4.03. The maximum atomic E-state index is 13.0. The molecule has 6 heteroatoms. The number of para-hydroxylation sites is 1. The predicted molar refractivity (Wildman–Crippen MR) is 120 cm³/mol. The van der Waals surface area contributed by atoms with Crippen molar-refractivity contribution in [2.75, 3.05) is 13.2 Å². The molecule has 6 nitrogen and oxygen atoms in total. The third-order valence-corrected chi connectivity index (χ3v) is 5.60. The van der Waals surface area contributed by atoms with Gasteiger partial charge in [-0.1, -0.05) is 38.1 Å². The van der Waals surface area contributed by atoms with Crippen molar-refractivity contribution in [2.45, 2.75) is 39.8 Å². The van der Waals surface area contributed by atoms with E-state index in [2.05, 4.69) is 19.2 Å². The van der Waals surface area contributed by atoms with Crippen LogP contribution in [-0.2, 0) is 11.3 Å². The van der Waals surface area contributed by atoms with Crippen molar-refractivity contribution in [3.63, 3.8) is 0 Å². The second kappa shape index (κ2) is 8.84. The van der Waals surface area contributed by atoms with Crippen LogP contribution >= 0.6 is 0 Å². The Bertz CT molecular complexity index is 1120. The van der Waals surface area contributed by atoms with Gasteiger partial charge >= 0.3 is 0 Å². The molecular formula is C25H28N2O4. The predicted octanol–water partition coefficient (Wildman–Crippen LogP) is 4.52. The van der Waals surface area contributed by atoms with Crippen molar-refractivity contribution in [1.82, 2.24) is 9.88 Å². The number of carbonyl (C=O) groups is 2. The second-order valence-electron chi connectivity index (χ2n) is 8.29. The van der Waals surface area contributed by atoms with Crippen molar-refractivity contribution in [1.29, 1.82) is 0 Å². The van der Waals surface area contributed by atoms with Crippen LogP contribution in [0.15, 0.2) is 48.7 Å². The second-order valence-corrected chi connectivity index (χ2v) is 8.29. The number of nitrogens with zero attached hydrogens (tertiary/aromatic N) is 1. The lowest BCUT2D eigenvalue weighted by Gasteiger charge is -2.24. The molecule has 2 aromatic carbocycles. The molecule has 162 valence electrons. The number of rotatable bonds is 6. The van der Waals surface area contributed by atoms with Crippen LogP contribution in [0.3, 0.4) is 0 Å². The monoisotopic (exact) mass is 420 g/mol. The molecule has 31 heavy (non-hydrogen) atoms. The van der Waals surface area contributed by atoms with E-state index in [4.69, 9.17) is 9.47 Å². The van der Waals surface area contributed by atoms with Gasteiger partial charge in [-0.05, 0) is 36.6 Å². The Morgan fingerprint density at radius 1 is 1.06 bits per heavy atom. The summed E-state index contributed by atoms with van der Waals surface area (Å²) >= 11 is 0. The molecule has 0 spiro atoms. The quantitative estimate of drug-likeness (QED) is 0.596. The lowest BCUT2D eigenvalue weighted by Crippen LogP contribution is -2.34. The van der Waals surface area contributed by atoms with Crippen molar-refractivity contribution in [3.8, 4) is 11.5 Å². The van der Waals surface area contributed by atoms with Gasteiger partial charge in [-0.2, -0.15) is 0 Å². The highest BCUT2D eigenvalue weighted by Gasteiger charge is 2.22. The Kier molecular flexibility index (Phi) is 5.98. The standard InChI is InChI=1S/C25H28N2O4/c1-16(2)25(18-9-10-22-23(13-18)31-12-6-11-30-22)26-24(29)15-27-14-20(17(3)28)19-7-4-5-8-21(19)27/h4-5,7-10,13-14,16,25H,6,11-12,15H2,1-3H3,(H,26,29)/t25-/m1/s1. The number of ether oxygens (including phenoxy) is 2. The molecule has 1 N–H and O–H groups in total. The van der Waals surface area contributed by atoms with Gasteiger partial charge in [0.2, 0.25) is 5.91 Å². The van der Waals surface area contributed by atoms with E-state index in [9.17, 15) is 9.59 Å². The topological polar surface area (TPSA) is 69.6 Å². The number of fused-ring (bicyclic) bond motifs is 2. The maximum absolute atomic E-state index is 13.0. The molecule has 1 amide bonds. The molecule has 1 atom stereocenters. The van der Waals surface area contributed by atoms with Crippen LogP contribution in [0.5, 0.6) is 11.5 Å². The zero-order chi connectivity index (χ0) is 22.0. The summed E-state index contributed by atoms with van der Waals surface area (Å²) in [6, 6.07) is 13.3. The summed E-state index contributed by atoms with van der Waals surface area (Å²) in [6.07, 6.45) is 2.62. The van der Waals surface area contributed by atoms with Crippen molar-refractivity contribution in [2.24, 2.45) is 5.92 Å². The molecule has 0 unspecified atom stereocenters. The molecule has 0 aliphatic carbocycles. The number of amides is 1. The minimum Gasteiger partial charge on any atom is -0.490 e. The van der Waals surface area contributed by atoms with E-state index < -0.39 is 0 Å². The highest BCUT2D eigenvalue weighted by Crippen LogP contribution is 2.34. The van der Waals surface area contributed by atoms with Crippen molar-refractivity contribution >= 4 is 22.6 Å². The molecule has 1 aliphatic rings. The Hall–Kier alpha value is -3.28. The SMILES string of the molecule is CC(=O)c1cn(CC(=O)N[C@@H](c2ccc3c(c2)OCCCO3)C(C)C)c2ccccc12. The normalized spacial score (nSPS) is 14.3. The minimum atomic E-state index is -0.168. The fraction of sp³-hybridized carbons (Fsp3) is 0.360. The fourth-order valence-electron chi connectivity index (χ4n) is 4.04. The Balaban J connectivity index is 1.56. The van der Waals surface area contributed by atoms with Gasteiger partial charge in [0, 0.05) is 29.1 Å². The first-order valence-electron chi connectivity index (χ1n) is 10.7. The van der Waals surface area contributed by atoms with Gasteiger partial charge in [0.15, 0.2) is 17.3 Å². The zero-order valence-corrected chi connectivity index (χ0v) is 18.2. The van der Waals surface area contributed by atoms with Crippen molar-refractivity contribution < 1.29 is 19.1 Å². The van der Waals surface area contributed by atoms with Gasteiger partial charge in [0.1, 0.15) is 6.54 Å². The zero-order valence-electron chi connectivity index (χ0n) is 18.2. The highest BCUT2D eigenvalue weighted by molar-refractivity contribution is 6.07. The lowest BCUT2D eigenvalue weighted by atomic mass is 9.95. The highest BCUT2D eigenvalue weighted by atomic mass is 16.5. The minimum absolute atomic E-state index is 0.0115. The Morgan fingerprint density at radius 3 is 2.55 bits per heavy atom. The summed E-state index contributed by atoms with van der Waals surface area (Å²) < 4.78 is 13.4. The molecule has 0 radical (unpaired) electrons. The Labute approximate surface area is 182 Å². The summed E-state index contributed by atoms with van der Waals surface area (Å²) in [4.78, 5) is 25.0. The van der Waals surface area contributed by atoms with E-state index in [0.29, 0.717) is 18.8 Å². The number of benzene rings is 2. The van der Waals surface area contributed by atoms with Crippen LogP contribution in [0.2, 0.25) is 0 Å². The maximum Gasteiger partial charge on any atom is 0.240 e. The van der Waals surface area contributed by atoms with Gasteiger partial charge in [-0.25, -0.2) is 0 Å². The Morgan fingerprint density at radius 2 is 1.81 bits per heavy atom. The number of hydrogen-bond acceptors (Lipinski definition) is 4. The first-order valence-corrected chi connectivity index (χ1v) is 10.7. The average Bonchev–Trinajstić information content (AvgIpc) is 2.94. The molecule has 1 aromatic heterocycles. The van der Waals surface area contributed by atoms with Crippen LogP contribution in [0.1, 0.15) is 49.2 Å². The number of aromatic nitrogens is 1. The van der Waals surface area contributed by atoms with Crippen molar-refractivity contribution in [3.05, 3.63) is 59.8 Å². The van der Waals surface area contributed by atoms with E-state index in [0.717, 1.165) is 34.4 Å². The van der Waals surface area contributed by atoms with Gasteiger partial charge in [-0.3, -0.25) is 9.59 Å². The summed E-state index contributed by atoms with van der Waals surface area (Å²) in [7, 11) is 0. The summed E-state index contributed by atoms with van der Waals surface area (Å²) in [5.41, 5.74) is 2.49. The average molecular weight is 421 g/mol. The van der Waals surface area contributed by atoms with E-state index in [1.165, 1.54) is 0 Å². The first-order chi connectivity index (χ1) is 14.9. The summed E-state index contributed by atoms with van der Waals surface area (Å²) in [6.45, 7) is 7.10. The molecule has 0 saturated carbocycles. The number of nitrogens with one attached hydrogen (secondary N) is 1. The third-order valence-electron chi connectivity index (χ3n) is 5.60. The molecular weight excluding hydrogens is 392 g/mol. The van der Waals surface area contributed by atoms with E-state index in [-0.39, 0.29) is 30.2 Å². The third kappa shape index (κ3) is 4.43. The first kappa shape index (κ1) is 21.0. The van der Waals surface area contributed by atoms with Crippen LogP contribution < -0.4 is 14.8 Å². The molecule has 0 bridgehead atoms. The van der Waals surface area contributed by atoms with E-state index in [1.807, 2.05) is 47.0 Å². The number of hydrogen-bond donors (Lipinski definition) is 1. The number of Topliss-reactive ketones (excluding diaryl/α,β-unsaturated/α-hetero) is 1. The van der Waals surface area contributed by atoms with Gasteiger partial charge in [-0.15, -0.1) is 0 Å². The van der Waals surface area contributed by atoms with Crippen LogP contribution in [0, 0.1) is 5.92 Å². The summed E-state index contributed by atoms with van der Waals surface area (Å²) in [5.74, 6) is 1.52. The van der Waals surface area contributed by atoms with Gasteiger partial charge in [0.25, 0.3) is 0 Å². The largest absolute Gasteiger partial charge is 0.490 e. The molecule has 0 saturated heterocycles. The lowest BCUT2D eigenvalue weighted by molar-refractivity contribution is -0.122. The molecule has 3 aromatic rings. The van der Waals surface area contributed by atoms with E-state index in [1.54, 1.807) is 13.1 Å². The smallest absolute Gasteiger partial charge is 0.240 e. The van der Waals surface area contributed by atoms with Crippen LogP contribution in [0.25, 0.3) is 10.9 Å². The fourth-order valence-corrected chi connectivity index (χ4v) is 4.04. The number of carbonyl (C=O) groups excluding carboxylic acids is 2. The molecule has 4 rings (SSSR count).